The Morgan fingerprint density at radius 1 is 1.03 bits per heavy atom. The molecule has 0 bridgehead atoms. The van der Waals surface area contributed by atoms with E-state index in [0.717, 1.165) is 23.5 Å². The maximum atomic E-state index is 13.5. The Bertz CT molecular complexity index is 706. The van der Waals surface area contributed by atoms with Crippen molar-refractivity contribution in [1.29, 1.82) is 0 Å². The van der Waals surface area contributed by atoms with Gasteiger partial charge in [-0.1, -0.05) is 6.07 Å². The number of rotatable bonds is 8. The maximum Gasteiger partial charge on any atom is 0.427 e. The van der Waals surface area contributed by atoms with Gasteiger partial charge in [0.25, 0.3) is 5.92 Å². The predicted octanol–water partition coefficient (Wildman–Crippen LogP) is 5.03. The van der Waals surface area contributed by atoms with E-state index in [1.165, 1.54) is 0 Å². The van der Waals surface area contributed by atoms with Crippen LogP contribution in [0.5, 0.6) is 11.5 Å². The molecule has 14 heteroatoms. The molecule has 0 aliphatic carbocycles. The molecule has 1 atom stereocenters. The molecule has 1 unspecified atom stereocenters. The van der Waals surface area contributed by atoms with Crippen LogP contribution in [0.25, 0.3) is 0 Å². The van der Waals surface area contributed by atoms with E-state index in [4.69, 9.17) is 0 Å². The summed E-state index contributed by atoms with van der Waals surface area (Å²) in [6, 6.07) is 0.755. The van der Waals surface area contributed by atoms with E-state index in [0.29, 0.717) is 0 Å². The van der Waals surface area contributed by atoms with E-state index < -0.39 is 60.5 Å². The first kappa shape index (κ1) is 24.5. The summed E-state index contributed by atoms with van der Waals surface area (Å²) < 4.78 is 126. The molecule has 5 nitrogen and oxygen atoms in total. The highest BCUT2D eigenvalue weighted by atomic mass is 19.4. The van der Waals surface area contributed by atoms with E-state index in [-0.39, 0.29) is 13.8 Å². The Morgan fingerprint density at radius 2 is 1.62 bits per heavy atom. The van der Waals surface area contributed by atoms with Crippen LogP contribution < -0.4 is 20.1 Å². The molecule has 0 radical (unpaired) electrons. The van der Waals surface area contributed by atoms with Crippen molar-refractivity contribution in [2.45, 2.75) is 37.6 Å². The van der Waals surface area contributed by atoms with E-state index >= 15 is 0 Å². The van der Waals surface area contributed by atoms with E-state index in [1.54, 1.807) is 5.32 Å². The summed E-state index contributed by atoms with van der Waals surface area (Å²) in [5.41, 5.74) is -4.87. The molecular formula is C15H15F9N2O3. The Morgan fingerprint density at radius 3 is 2.07 bits per heavy atom. The third-order valence-corrected chi connectivity index (χ3v) is 3.65. The van der Waals surface area contributed by atoms with Gasteiger partial charge in [0.2, 0.25) is 6.86 Å². The number of hydrogen-bond donors (Lipinski definition) is 2. The van der Waals surface area contributed by atoms with Crippen molar-refractivity contribution in [2.75, 3.05) is 18.9 Å². The highest BCUT2D eigenvalue weighted by molar-refractivity contribution is 5.92. The maximum absolute atomic E-state index is 13.5. The van der Waals surface area contributed by atoms with Crippen molar-refractivity contribution in [3.8, 4) is 11.5 Å². The molecule has 0 aliphatic rings. The second-order valence-corrected chi connectivity index (χ2v) is 5.85. The van der Waals surface area contributed by atoms with E-state index in [9.17, 15) is 44.3 Å². The number of alkyl halides is 9. The van der Waals surface area contributed by atoms with Crippen molar-refractivity contribution >= 4 is 11.7 Å². The summed E-state index contributed by atoms with van der Waals surface area (Å²) in [4.78, 5) is 11.9. The molecule has 0 aliphatic heterocycles. The smallest absolute Gasteiger partial charge is 0.427 e. The number of anilines is 1. The first-order chi connectivity index (χ1) is 13.1. The number of carbonyl (C=O) groups excluding carboxylic acids is 1. The Balaban J connectivity index is 3.26. The van der Waals surface area contributed by atoms with Crippen molar-refractivity contribution in [3.63, 3.8) is 0 Å². The summed E-state index contributed by atoms with van der Waals surface area (Å²) in [5.74, 6) is -6.39. The molecule has 1 rings (SSSR count). The molecule has 1 aromatic carbocycles. The lowest BCUT2D eigenvalue weighted by Gasteiger charge is -2.37. The summed E-state index contributed by atoms with van der Waals surface area (Å²) >= 11 is 0. The lowest BCUT2D eigenvalue weighted by atomic mass is 9.94. The second-order valence-electron chi connectivity index (χ2n) is 5.85. The molecule has 0 spiro atoms. The van der Waals surface area contributed by atoms with Gasteiger partial charge in [-0.05, 0) is 19.1 Å². The molecule has 166 valence electrons. The largest absolute Gasteiger partial charge is 0.459 e. The van der Waals surface area contributed by atoms with Crippen LogP contribution in [0.2, 0.25) is 0 Å². The first-order valence-corrected chi connectivity index (χ1v) is 7.56. The SMILES string of the molecule is CC(F)(F)C(C)(NC(=O)Nc1cccc(OCF)c1OC(F)(F)CF)C(F)(F)F. The lowest BCUT2D eigenvalue weighted by molar-refractivity contribution is -0.249. The fraction of sp³-hybridized carbons (Fsp3) is 0.533. The van der Waals surface area contributed by atoms with Crippen LogP contribution in [0.1, 0.15) is 13.8 Å². The van der Waals surface area contributed by atoms with Crippen molar-refractivity contribution in [1.82, 2.24) is 5.32 Å². The van der Waals surface area contributed by atoms with Gasteiger partial charge < -0.3 is 20.1 Å². The summed E-state index contributed by atoms with van der Waals surface area (Å²) in [5, 5.41) is 2.61. The molecule has 0 heterocycles. The molecule has 2 amide bonds. The number of para-hydroxylation sites is 1. The van der Waals surface area contributed by atoms with Gasteiger partial charge >= 0.3 is 18.3 Å². The zero-order valence-electron chi connectivity index (χ0n) is 14.8. The number of carbonyl (C=O) groups is 1. The minimum atomic E-state index is -5.61. The van der Waals surface area contributed by atoms with Gasteiger partial charge in [0.15, 0.2) is 23.7 Å². The minimum Gasteiger partial charge on any atom is -0.459 e. The number of benzene rings is 1. The summed E-state index contributed by atoms with van der Waals surface area (Å²) in [6.07, 6.45) is -10.1. The van der Waals surface area contributed by atoms with Gasteiger partial charge in [-0.15, -0.1) is 0 Å². The van der Waals surface area contributed by atoms with Crippen LogP contribution in [0, 0.1) is 0 Å². The van der Waals surface area contributed by atoms with Crippen molar-refractivity contribution in [3.05, 3.63) is 18.2 Å². The van der Waals surface area contributed by atoms with Crippen LogP contribution in [0.3, 0.4) is 0 Å². The fourth-order valence-electron chi connectivity index (χ4n) is 1.88. The molecule has 0 aromatic heterocycles. The van der Waals surface area contributed by atoms with Crippen LogP contribution in [-0.4, -0.2) is 43.3 Å². The molecule has 0 fully saturated rings. The quantitative estimate of drug-likeness (QED) is 0.556. The van der Waals surface area contributed by atoms with Crippen molar-refractivity contribution in [2.24, 2.45) is 0 Å². The third kappa shape index (κ3) is 5.73. The van der Waals surface area contributed by atoms with Crippen LogP contribution in [0.15, 0.2) is 18.2 Å². The molecule has 0 saturated heterocycles. The highest BCUT2D eigenvalue weighted by Crippen LogP contribution is 2.42. The zero-order valence-corrected chi connectivity index (χ0v) is 14.8. The molecule has 0 saturated carbocycles. The highest BCUT2D eigenvalue weighted by Gasteiger charge is 2.65. The molecule has 2 N–H and O–H groups in total. The van der Waals surface area contributed by atoms with Gasteiger partial charge in [-0.2, -0.15) is 22.0 Å². The predicted molar refractivity (Wildman–Crippen MR) is 81.8 cm³/mol. The monoisotopic (exact) mass is 442 g/mol. The summed E-state index contributed by atoms with van der Waals surface area (Å²) in [6.45, 7) is -4.01. The second kappa shape index (κ2) is 8.45. The van der Waals surface area contributed by atoms with Gasteiger partial charge in [-0.3, -0.25) is 0 Å². The van der Waals surface area contributed by atoms with Gasteiger partial charge in [0.1, 0.15) is 0 Å². The van der Waals surface area contributed by atoms with Crippen LogP contribution in [0.4, 0.5) is 50.0 Å². The molecule has 1 aromatic rings. The first-order valence-electron chi connectivity index (χ1n) is 7.56. The number of halogens is 9. The molecule has 29 heavy (non-hydrogen) atoms. The van der Waals surface area contributed by atoms with Crippen LogP contribution >= 0.6 is 0 Å². The number of amides is 2. The lowest BCUT2D eigenvalue weighted by Crippen LogP contribution is -2.66. The number of nitrogens with one attached hydrogen (secondary N) is 2. The summed E-state index contributed by atoms with van der Waals surface area (Å²) in [7, 11) is 0. The van der Waals surface area contributed by atoms with Crippen molar-refractivity contribution < 1.29 is 53.8 Å². The number of ether oxygens (including phenoxy) is 2. The number of urea groups is 1. The average molecular weight is 442 g/mol. The normalized spacial score (nSPS) is 14.7. The zero-order chi connectivity index (χ0) is 22.7. The Labute approximate surface area is 158 Å². The van der Waals surface area contributed by atoms with Crippen LogP contribution in [-0.2, 0) is 0 Å². The Hall–Kier alpha value is -2.54. The standard InChI is InChI=1S/C15H15F9N2O3/c1-12(13(2,18)19,15(22,23)24)26-11(27)25-8-4-3-5-9(28-7-17)10(8)29-14(20,21)6-16/h3-5H,6-7H2,1-2H3,(H2,25,26,27). The van der Waals surface area contributed by atoms with Gasteiger partial charge in [0.05, 0.1) is 5.69 Å². The third-order valence-electron chi connectivity index (χ3n) is 3.65. The molecular weight excluding hydrogens is 427 g/mol. The number of hydrogen-bond acceptors (Lipinski definition) is 3. The minimum absolute atomic E-state index is 0.00384. The topological polar surface area (TPSA) is 59.6 Å². The average Bonchev–Trinajstić information content (AvgIpc) is 2.55. The Kier molecular flexibility index (Phi) is 7.14. The van der Waals surface area contributed by atoms with E-state index in [1.807, 2.05) is 0 Å². The van der Waals surface area contributed by atoms with Gasteiger partial charge in [-0.25, -0.2) is 22.4 Å². The van der Waals surface area contributed by atoms with Gasteiger partial charge in [0, 0.05) is 6.92 Å². The van der Waals surface area contributed by atoms with E-state index in [2.05, 4.69) is 9.47 Å². The fourth-order valence-corrected chi connectivity index (χ4v) is 1.88.